The highest BCUT2D eigenvalue weighted by Crippen LogP contribution is 2.35. The highest BCUT2D eigenvalue weighted by Gasteiger charge is 2.26. The standard InChI is InChI=1S/C22H25NO2/c1-15(2)21-20(22(24)17-10-6-5-7-11-17)18-12-8-9-13-19(18)23(21)16(3)14-25-4/h5-13,15-16H,14H2,1-4H3. The number of carbonyl (C=O) groups excluding carboxylic acids is 1. The van der Waals surface area contributed by atoms with Crippen LogP contribution in [0.5, 0.6) is 0 Å². The number of ketones is 1. The van der Waals surface area contributed by atoms with Crippen molar-refractivity contribution in [2.24, 2.45) is 0 Å². The molecule has 2 aromatic carbocycles. The van der Waals surface area contributed by atoms with Crippen LogP contribution in [-0.2, 0) is 4.74 Å². The minimum Gasteiger partial charge on any atom is -0.383 e. The van der Waals surface area contributed by atoms with E-state index in [1.807, 2.05) is 48.5 Å². The van der Waals surface area contributed by atoms with Crippen molar-refractivity contribution in [1.29, 1.82) is 0 Å². The van der Waals surface area contributed by atoms with E-state index in [2.05, 4.69) is 31.4 Å². The van der Waals surface area contributed by atoms with Crippen molar-refractivity contribution >= 4 is 16.7 Å². The van der Waals surface area contributed by atoms with Gasteiger partial charge in [0.15, 0.2) is 5.78 Å². The highest BCUT2D eigenvalue weighted by molar-refractivity contribution is 6.17. The van der Waals surface area contributed by atoms with Crippen LogP contribution in [0.15, 0.2) is 54.6 Å². The van der Waals surface area contributed by atoms with Gasteiger partial charge in [0.2, 0.25) is 0 Å². The lowest BCUT2D eigenvalue weighted by atomic mass is 9.96. The van der Waals surface area contributed by atoms with E-state index in [1.54, 1.807) is 7.11 Å². The minimum atomic E-state index is 0.0869. The van der Waals surface area contributed by atoms with Crippen LogP contribution in [0.3, 0.4) is 0 Å². The molecule has 3 nitrogen and oxygen atoms in total. The Morgan fingerprint density at radius 2 is 1.64 bits per heavy atom. The number of hydrogen-bond acceptors (Lipinski definition) is 2. The van der Waals surface area contributed by atoms with Crippen molar-refractivity contribution in [3.05, 3.63) is 71.4 Å². The lowest BCUT2D eigenvalue weighted by Gasteiger charge is -2.21. The molecule has 0 aliphatic heterocycles. The average Bonchev–Trinajstić information content (AvgIpc) is 2.97. The minimum absolute atomic E-state index is 0.0869. The molecule has 0 saturated carbocycles. The number of rotatable bonds is 6. The van der Waals surface area contributed by atoms with Gasteiger partial charge >= 0.3 is 0 Å². The molecule has 1 atom stereocenters. The van der Waals surface area contributed by atoms with E-state index in [1.165, 1.54) is 0 Å². The molecule has 1 unspecified atom stereocenters. The van der Waals surface area contributed by atoms with E-state index in [9.17, 15) is 4.79 Å². The van der Waals surface area contributed by atoms with Crippen LogP contribution >= 0.6 is 0 Å². The first kappa shape index (κ1) is 17.4. The predicted octanol–water partition coefficient (Wildman–Crippen LogP) is 5.20. The monoisotopic (exact) mass is 335 g/mol. The summed E-state index contributed by atoms with van der Waals surface area (Å²) in [6, 6.07) is 17.9. The van der Waals surface area contributed by atoms with Crippen LogP contribution in [0.2, 0.25) is 0 Å². The number of para-hydroxylation sites is 1. The van der Waals surface area contributed by atoms with Crippen molar-refractivity contribution in [3.63, 3.8) is 0 Å². The second kappa shape index (κ2) is 7.24. The average molecular weight is 335 g/mol. The van der Waals surface area contributed by atoms with E-state index in [-0.39, 0.29) is 17.7 Å². The zero-order valence-electron chi connectivity index (χ0n) is 15.3. The Hall–Kier alpha value is -2.39. The van der Waals surface area contributed by atoms with Gasteiger partial charge in [0.05, 0.1) is 18.2 Å². The number of hydrogen-bond donors (Lipinski definition) is 0. The smallest absolute Gasteiger partial charge is 0.195 e. The summed E-state index contributed by atoms with van der Waals surface area (Å²) in [5.74, 6) is 0.318. The summed E-state index contributed by atoms with van der Waals surface area (Å²) in [5, 5.41) is 1.02. The molecule has 0 aliphatic carbocycles. The SMILES string of the molecule is COCC(C)n1c(C(C)C)c(C(=O)c2ccccc2)c2ccccc21. The van der Waals surface area contributed by atoms with Gasteiger partial charge in [-0.2, -0.15) is 0 Å². The lowest BCUT2D eigenvalue weighted by molar-refractivity contribution is 0.103. The van der Waals surface area contributed by atoms with Gasteiger partial charge in [-0.05, 0) is 18.9 Å². The fraction of sp³-hybridized carbons (Fsp3) is 0.318. The van der Waals surface area contributed by atoms with Crippen LogP contribution < -0.4 is 0 Å². The first-order valence-electron chi connectivity index (χ1n) is 8.77. The molecule has 0 amide bonds. The maximum atomic E-state index is 13.3. The molecule has 0 saturated heterocycles. The summed E-state index contributed by atoms with van der Waals surface area (Å²) in [6.07, 6.45) is 0. The molecule has 1 aromatic heterocycles. The number of carbonyl (C=O) groups is 1. The van der Waals surface area contributed by atoms with Gasteiger partial charge in [-0.25, -0.2) is 0 Å². The van der Waals surface area contributed by atoms with Gasteiger partial charge in [0, 0.05) is 29.3 Å². The molecule has 3 heteroatoms. The molecule has 130 valence electrons. The maximum Gasteiger partial charge on any atom is 0.195 e. The van der Waals surface area contributed by atoms with E-state index in [0.717, 1.165) is 27.7 Å². The van der Waals surface area contributed by atoms with Crippen molar-refractivity contribution in [1.82, 2.24) is 4.57 Å². The number of nitrogens with zero attached hydrogens (tertiary/aromatic N) is 1. The number of ether oxygens (including phenoxy) is 1. The number of fused-ring (bicyclic) bond motifs is 1. The quantitative estimate of drug-likeness (QED) is 0.580. The van der Waals surface area contributed by atoms with Crippen LogP contribution in [0.4, 0.5) is 0 Å². The van der Waals surface area contributed by atoms with Crippen LogP contribution in [0.25, 0.3) is 10.9 Å². The molecular weight excluding hydrogens is 310 g/mol. The third kappa shape index (κ3) is 3.12. The Labute approximate surface area is 149 Å². The van der Waals surface area contributed by atoms with Gasteiger partial charge < -0.3 is 9.30 Å². The predicted molar refractivity (Wildman–Crippen MR) is 102 cm³/mol. The van der Waals surface area contributed by atoms with Crippen molar-refractivity contribution in [3.8, 4) is 0 Å². The van der Waals surface area contributed by atoms with Gasteiger partial charge in [-0.3, -0.25) is 4.79 Å². The Balaban J connectivity index is 2.31. The number of aromatic nitrogens is 1. The van der Waals surface area contributed by atoms with Gasteiger partial charge in [-0.15, -0.1) is 0 Å². The summed E-state index contributed by atoms with van der Waals surface area (Å²) < 4.78 is 7.67. The van der Waals surface area contributed by atoms with Crippen LogP contribution in [0, 0.1) is 0 Å². The number of benzene rings is 2. The van der Waals surface area contributed by atoms with E-state index >= 15 is 0 Å². The summed E-state index contributed by atoms with van der Waals surface area (Å²) >= 11 is 0. The number of methoxy groups -OCH3 is 1. The molecule has 0 aliphatic rings. The topological polar surface area (TPSA) is 31.2 Å². The lowest BCUT2D eigenvalue weighted by Crippen LogP contribution is -2.16. The third-order valence-corrected chi connectivity index (χ3v) is 4.61. The zero-order chi connectivity index (χ0) is 18.0. The molecule has 3 rings (SSSR count). The largest absolute Gasteiger partial charge is 0.383 e. The molecule has 0 spiro atoms. The van der Waals surface area contributed by atoms with Crippen molar-refractivity contribution in [2.45, 2.75) is 32.7 Å². The summed E-state index contributed by atoms with van der Waals surface area (Å²) in [6.45, 7) is 7.04. The Kier molecular flexibility index (Phi) is 5.05. The van der Waals surface area contributed by atoms with Crippen molar-refractivity contribution in [2.75, 3.05) is 13.7 Å². The summed E-state index contributed by atoms with van der Waals surface area (Å²) in [7, 11) is 1.72. The third-order valence-electron chi connectivity index (χ3n) is 4.61. The van der Waals surface area contributed by atoms with Gasteiger partial charge in [-0.1, -0.05) is 62.4 Å². The van der Waals surface area contributed by atoms with Gasteiger partial charge in [0.25, 0.3) is 0 Å². The Bertz CT molecular complexity index is 878. The first-order valence-corrected chi connectivity index (χ1v) is 8.77. The second-order valence-electron chi connectivity index (χ2n) is 6.80. The Morgan fingerprint density at radius 3 is 2.28 bits per heavy atom. The van der Waals surface area contributed by atoms with Crippen LogP contribution in [-0.4, -0.2) is 24.1 Å². The molecule has 25 heavy (non-hydrogen) atoms. The highest BCUT2D eigenvalue weighted by atomic mass is 16.5. The van der Waals surface area contributed by atoms with Gasteiger partial charge in [0.1, 0.15) is 0 Å². The van der Waals surface area contributed by atoms with E-state index in [0.29, 0.717) is 6.61 Å². The normalized spacial score (nSPS) is 12.7. The fourth-order valence-corrected chi connectivity index (χ4v) is 3.61. The van der Waals surface area contributed by atoms with E-state index < -0.39 is 0 Å². The summed E-state index contributed by atoms with van der Waals surface area (Å²) in [4.78, 5) is 13.3. The second-order valence-corrected chi connectivity index (χ2v) is 6.80. The summed E-state index contributed by atoms with van der Waals surface area (Å²) in [5.41, 5.74) is 3.72. The molecule has 0 radical (unpaired) electrons. The molecule has 0 bridgehead atoms. The Morgan fingerprint density at radius 1 is 1.00 bits per heavy atom. The molecular formula is C22H25NO2. The van der Waals surface area contributed by atoms with Crippen LogP contribution in [0.1, 0.15) is 54.3 Å². The molecule has 0 N–H and O–H groups in total. The first-order chi connectivity index (χ1) is 12.1. The molecule has 1 heterocycles. The maximum absolute atomic E-state index is 13.3. The zero-order valence-corrected chi connectivity index (χ0v) is 15.3. The molecule has 0 fully saturated rings. The van der Waals surface area contributed by atoms with Crippen molar-refractivity contribution < 1.29 is 9.53 Å². The molecule has 3 aromatic rings. The fourth-order valence-electron chi connectivity index (χ4n) is 3.61. The van der Waals surface area contributed by atoms with E-state index in [4.69, 9.17) is 4.74 Å².